The maximum atomic E-state index is 9.47. The van der Waals surface area contributed by atoms with E-state index in [1.165, 1.54) is 18.4 Å². The van der Waals surface area contributed by atoms with Crippen LogP contribution in [0.3, 0.4) is 0 Å². The van der Waals surface area contributed by atoms with Gasteiger partial charge in [-0.25, -0.2) is 9.97 Å². The number of rotatable bonds is 1. The van der Waals surface area contributed by atoms with Crippen molar-refractivity contribution in [2.45, 2.75) is 25.7 Å². The maximum Gasteiger partial charge on any atom is 0.156 e. The zero-order valence-corrected chi connectivity index (χ0v) is 11.6. The van der Waals surface area contributed by atoms with Gasteiger partial charge >= 0.3 is 0 Å². The zero-order chi connectivity index (χ0) is 14.2. The van der Waals surface area contributed by atoms with Gasteiger partial charge in [0.15, 0.2) is 5.82 Å². The van der Waals surface area contributed by atoms with Crippen LogP contribution < -0.4 is 0 Å². The standard InChI is InChI=1S/C17H14N4/c18-10-13-9-12-5-1-2-6-14(12)20-17(13)21-11-19-15-7-3-4-8-16(15)21/h3-4,7-9,11H,1-2,5-6H2. The monoisotopic (exact) mass is 274 g/mol. The fraction of sp³-hybridized carbons (Fsp3) is 0.235. The van der Waals surface area contributed by atoms with Crippen molar-refractivity contribution in [2.24, 2.45) is 0 Å². The molecule has 4 nitrogen and oxygen atoms in total. The quantitative estimate of drug-likeness (QED) is 0.685. The maximum absolute atomic E-state index is 9.47. The van der Waals surface area contributed by atoms with Crippen LogP contribution in [-0.2, 0) is 12.8 Å². The first-order valence-electron chi connectivity index (χ1n) is 7.22. The Morgan fingerprint density at radius 1 is 1.14 bits per heavy atom. The molecule has 0 amide bonds. The van der Waals surface area contributed by atoms with Gasteiger partial charge in [0.25, 0.3) is 0 Å². The predicted octanol–water partition coefficient (Wildman–Crippen LogP) is 3.17. The number of aromatic nitrogens is 3. The first-order chi connectivity index (χ1) is 10.4. The lowest BCUT2D eigenvalue weighted by Crippen LogP contribution is -2.10. The van der Waals surface area contributed by atoms with Crippen molar-refractivity contribution in [2.75, 3.05) is 0 Å². The number of benzene rings is 1. The molecule has 0 N–H and O–H groups in total. The van der Waals surface area contributed by atoms with Crippen molar-refractivity contribution in [3.8, 4) is 11.9 Å². The molecule has 0 saturated heterocycles. The van der Waals surface area contributed by atoms with Gasteiger partial charge in [-0.2, -0.15) is 5.26 Å². The van der Waals surface area contributed by atoms with Gasteiger partial charge in [0.1, 0.15) is 12.4 Å². The number of nitrogens with zero attached hydrogens (tertiary/aromatic N) is 4. The van der Waals surface area contributed by atoms with Crippen LogP contribution in [0.2, 0.25) is 0 Å². The Kier molecular flexibility index (Phi) is 2.71. The molecule has 0 bridgehead atoms. The lowest BCUT2D eigenvalue weighted by molar-refractivity contribution is 0.665. The lowest BCUT2D eigenvalue weighted by Gasteiger charge is -2.17. The van der Waals surface area contributed by atoms with Gasteiger partial charge < -0.3 is 0 Å². The average molecular weight is 274 g/mol. The van der Waals surface area contributed by atoms with Crippen LogP contribution in [-0.4, -0.2) is 14.5 Å². The van der Waals surface area contributed by atoms with E-state index in [2.05, 4.69) is 11.1 Å². The van der Waals surface area contributed by atoms with E-state index in [-0.39, 0.29) is 0 Å². The average Bonchev–Trinajstić information content (AvgIpc) is 2.97. The summed E-state index contributed by atoms with van der Waals surface area (Å²) in [5.74, 6) is 0.701. The Morgan fingerprint density at radius 3 is 2.90 bits per heavy atom. The molecule has 0 spiro atoms. The number of pyridine rings is 1. The number of aryl methyl sites for hydroxylation is 2. The van der Waals surface area contributed by atoms with E-state index in [0.29, 0.717) is 11.4 Å². The molecular formula is C17H14N4. The van der Waals surface area contributed by atoms with Crippen molar-refractivity contribution in [3.63, 3.8) is 0 Å². The first kappa shape index (κ1) is 12.1. The molecule has 0 radical (unpaired) electrons. The number of hydrogen-bond donors (Lipinski definition) is 0. The summed E-state index contributed by atoms with van der Waals surface area (Å²) in [7, 11) is 0. The van der Waals surface area contributed by atoms with Crippen LogP contribution in [0.4, 0.5) is 0 Å². The van der Waals surface area contributed by atoms with Crippen LogP contribution >= 0.6 is 0 Å². The zero-order valence-electron chi connectivity index (χ0n) is 11.6. The molecule has 0 atom stereocenters. The van der Waals surface area contributed by atoms with Crippen LogP contribution in [0.25, 0.3) is 16.9 Å². The summed E-state index contributed by atoms with van der Waals surface area (Å²) in [4.78, 5) is 9.17. The van der Waals surface area contributed by atoms with E-state index in [9.17, 15) is 5.26 Å². The van der Waals surface area contributed by atoms with E-state index in [4.69, 9.17) is 4.98 Å². The molecule has 21 heavy (non-hydrogen) atoms. The molecule has 2 aromatic heterocycles. The highest BCUT2D eigenvalue weighted by molar-refractivity contribution is 5.77. The van der Waals surface area contributed by atoms with Crippen molar-refractivity contribution < 1.29 is 0 Å². The fourth-order valence-corrected chi connectivity index (χ4v) is 3.02. The highest BCUT2D eigenvalue weighted by Gasteiger charge is 2.17. The first-order valence-corrected chi connectivity index (χ1v) is 7.22. The Hall–Kier alpha value is -2.67. The molecule has 3 aromatic rings. The second-order valence-corrected chi connectivity index (χ2v) is 5.39. The van der Waals surface area contributed by atoms with E-state index < -0.39 is 0 Å². The molecule has 0 aliphatic heterocycles. The number of para-hydroxylation sites is 2. The number of fused-ring (bicyclic) bond motifs is 2. The summed E-state index contributed by atoms with van der Waals surface area (Å²) in [6.45, 7) is 0. The van der Waals surface area contributed by atoms with Crippen LogP contribution in [0.1, 0.15) is 29.7 Å². The summed E-state index contributed by atoms with van der Waals surface area (Å²) in [5, 5.41) is 9.47. The molecule has 4 heteroatoms. The Morgan fingerprint density at radius 2 is 2.00 bits per heavy atom. The molecule has 4 rings (SSSR count). The van der Waals surface area contributed by atoms with Gasteiger partial charge in [-0.1, -0.05) is 12.1 Å². The highest BCUT2D eigenvalue weighted by Crippen LogP contribution is 2.25. The third-order valence-electron chi connectivity index (χ3n) is 4.08. The van der Waals surface area contributed by atoms with Crippen molar-refractivity contribution in [1.29, 1.82) is 5.26 Å². The predicted molar refractivity (Wildman–Crippen MR) is 80.2 cm³/mol. The fourth-order valence-electron chi connectivity index (χ4n) is 3.02. The molecule has 102 valence electrons. The molecule has 0 unspecified atom stereocenters. The smallest absolute Gasteiger partial charge is 0.156 e. The Labute approximate surface area is 122 Å². The molecule has 0 saturated carbocycles. The summed E-state index contributed by atoms with van der Waals surface area (Å²) in [6, 6.07) is 12.2. The van der Waals surface area contributed by atoms with Gasteiger partial charge in [0, 0.05) is 5.69 Å². The minimum absolute atomic E-state index is 0.624. The van der Waals surface area contributed by atoms with E-state index in [0.717, 1.165) is 29.6 Å². The lowest BCUT2D eigenvalue weighted by atomic mass is 9.95. The van der Waals surface area contributed by atoms with E-state index >= 15 is 0 Å². The van der Waals surface area contributed by atoms with Gasteiger partial charge in [0.05, 0.1) is 16.6 Å². The van der Waals surface area contributed by atoms with Gasteiger partial charge in [-0.3, -0.25) is 4.57 Å². The second kappa shape index (κ2) is 4.71. The van der Waals surface area contributed by atoms with Crippen molar-refractivity contribution in [1.82, 2.24) is 14.5 Å². The minimum atomic E-state index is 0.624. The minimum Gasteiger partial charge on any atom is -0.282 e. The highest BCUT2D eigenvalue weighted by atomic mass is 15.1. The van der Waals surface area contributed by atoms with Crippen LogP contribution in [0.5, 0.6) is 0 Å². The van der Waals surface area contributed by atoms with E-state index in [1.807, 2.05) is 34.9 Å². The third-order valence-corrected chi connectivity index (χ3v) is 4.08. The van der Waals surface area contributed by atoms with Crippen LogP contribution in [0.15, 0.2) is 36.7 Å². The number of imidazole rings is 1. The summed E-state index contributed by atoms with van der Waals surface area (Å²) in [6.07, 6.45) is 6.15. The summed E-state index contributed by atoms with van der Waals surface area (Å²) in [5.41, 5.74) is 4.89. The van der Waals surface area contributed by atoms with Crippen molar-refractivity contribution in [3.05, 3.63) is 53.5 Å². The van der Waals surface area contributed by atoms with Crippen molar-refractivity contribution >= 4 is 11.0 Å². The third kappa shape index (κ3) is 1.90. The molecule has 1 aliphatic carbocycles. The number of nitriles is 1. The Bertz CT molecular complexity index is 870. The van der Waals surface area contributed by atoms with E-state index in [1.54, 1.807) is 6.33 Å². The Balaban J connectivity index is 1.97. The SMILES string of the molecule is N#Cc1cc2c(nc1-n1cnc3ccccc31)CCCC2. The van der Waals surface area contributed by atoms with Gasteiger partial charge in [-0.15, -0.1) is 0 Å². The molecule has 0 fully saturated rings. The van der Waals surface area contributed by atoms with Crippen LogP contribution in [0, 0.1) is 11.3 Å². The van der Waals surface area contributed by atoms with Gasteiger partial charge in [-0.05, 0) is 49.4 Å². The molecule has 1 aliphatic rings. The topological polar surface area (TPSA) is 54.5 Å². The second-order valence-electron chi connectivity index (χ2n) is 5.39. The molecule has 1 aromatic carbocycles. The number of hydrogen-bond acceptors (Lipinski definition) is 3. The summed E-state index contributed by atoms with van der Waals surface area (Å²) >= 11 is 0. The normalized spacial score (nSPS) is 13.9. The molecular weight excluding hydrogens is 260 g/mol. The largest absolute Gasteiger partial charge is 0.282 e. The molecule has 2 heterocycles. The van der Waals surface area contributed by atoms with Gasteiger partial charge in [0.2, 0.25) is 0 Å². The summed E-state index contributed by atoms with van der Waals surface area (Å²) < 4.78 is 1.92.